The number of likely N-dealkylation sites (N-methyl/N-ethyl adjacent to an activating group) is 1. The van der Waals surface area contributed by atoms with Gasteiger partial charge in [-0.2, -0.15) is 0 Å². The topological polar surface area (TPSA) is 69.7 Å². The molecule has 2 rings (SSSR count). The lowest BCUT2D eigenvalue weighted by atomic mass is 10.2. The van der Waals surface area contributed by atoms with E-state index in [0.717, 1.165) is 6.54 Å². The van der Waals surface area contributed by atoms with Crippen molar-refractivity contribution >= 4 is 21.6 Å². The number of anilines is 1. The molecule has 0 unspecified atom stereocenters. The zero-order valence-electron chi connectivity index (χ0n) is 15.3. The molecule has 0 aliphatic rings. The fourth-order valence-corrected chi connectivity index (χ4v) is 3.96. The molecule has 0 saturated heterocycles. The van der Waals surface area contributed by atoms with Crippen LogP contribution in [0.15, 0.2) is 59.5 Å². The number of benzene rings is 2. The Bertz CT molecular complexity index is 819. The van der Waals surface area contributed by atoms with E-state index in [4.69, 9.17) is 0 Å². The summed E-state index contributed by atoms with van der Waals surface area (Å²) in [5.41, 5.74) is 1.05. The molecule has 2 aromatic carbocycles. The minimum absolute atomic E-state index is 0.160. The van der Waals surface area contributed by atoms with E-state index in [9.17, 15) is 13.2 Å². The van der Waals surface area contributed by atoms with Gasteiger partial charge in [0.15, 0.2) is 0 Å². The van der Waals surface area contributed by atoms with Crippen molar-refractivity contribution in [1.29, 1.82) is 0 Å². The van der Waals surface area contributed by atoms with Crippen LogP contribution in [0.5, 0.6) is 0 Å². The minimum atomic E-state index is -3.68. The molecular formula is C19H25N3O3S. The third-order valence-electron chi connectivity index (χ3n) is 3.88. The summed E-state index contributed by atoms with van der Waals surface area (Å²) in [6, 6.07) is 15.0. The smallest absolute Gasteiger partial charge is 0.264 e. The predicted octanol–water partition coefficient (Wildman–Crippen LogP) is 2.19. The molecule has 140 valence electrons. The maximum atomic E-state index is 12.9. The first kappa shape index (κ1) is 19.9. The van der Waals surface area contributed by atoms with Crippen LogP contribution in [0.1, 0.15) is 17.3 Å². The second kappa shape index (κ2) is 8.82. The van der Waals surface area contributed by atoms with Crippen molar-refractivity contribution in [2.45, 2.75) is 11.8 Å². The molecule has 0 bridgehead atoms. The van der Waals surface area contributed by atoms with E-state index in [1.807, 2.05) is 25.1 Å². The molecule has 0 aromatic heterocycles. The quantitative estimate of drug-likeness (QED) is 0.768. The Kier molecular flexibility index (Phi) is 6.76. The molecule has 1 amide bonds. The van der Waals surface area contributed by atoms with Crippen LogP contribution in [0.3, 0.4) is 0 Å². The summed E-state index contributed by atoms with van der Waals surface area (Å²) in [6.07, 6.45) is 0. The first-order valence-electron chi connectivity index (χ1n) is 8.47. The van der Waals surface area contributed by atoms with E-state index in [-0.39, 0.29) is 10.8 Å². The van der Waals surface area contributed by atoms with Gasteiger partial charge < -0.3 is 10.2 Å². The third-order valence-corrected chi connectivity index (χ3v) is 5.80. The number of nitrogens with one attached hydrogen (secondary N) is 1. The molecule has 26 heavy (non-hydrogen) atoms. The normalized spacial score (nSPS) is 11.4. The molecule has 7 heteroatoms. The highest BCUT2D eigenvalue weighted by molar-refractivity contribution is 7.92. The van der Waals surface area contributed by atoms with Crippen molar-refractivity contribution in [2.75, 3.05) is 38.0 Å². The molecule has 0 aliphatic heterocycles. The van der Waals surface area contributed by atoms with E-state index in [1.165, 1.54) is 28.6 Å². The Balaban J connectivity index is 2.17. The molecule has 0 fully saturated rings. The average molecular weight is 375 g/mol. The zero-order chi connectivity index (χ0) is 19.2. The molecule has 6 nitrogen and oxygen atoms in total. The van der Waals surface area contributed by atoms with Crippen molar-refractivity contribution in [2.24, 2.45) is 0 Å². The first-order valence-corrected chi connectivity index (χ1v) is 9.91. The third kappa shape index (κ3) is 4.83. The van der Waals surface area contributed by atoms with Gasteiger partial charge in [0.1, 0.15) is 0 Å². The van der Waals surface area contributed by atoms with E-state index in [1.54, 1.807) is 31.2 Å². The SMILES string of the molecule is CCN(c1ccccc1)S(=O)(=O)c1ccc(C(=O)NCCN(C)C)cc1. The second-order valence-corrected chi connectivity index (χ2v) is 7.95. The number of hydrogen-bond acceptors (Lipinski definition) is 4. The maximum absolute atomic E-state index is 12.9. The number of carbonyl (C=O) groups excluding carboxylic acids is 1. The van der Waals surface area contributed by atoms with Crippen LogP contribution < -0.4 is 9.62 Å². The Morgan fingerprint density at radius 1 is 1.00 bits per heavy atom. The lowest BCUT2D eigenvalue weighted by Gasteiger charge is -2.23. The van der Waals surface area contributed by atoms with Crippen LogP contribution in [0, 0.1) is 0 Å². The first-order chi connectivity index (χ1) is 12.4. The van der Waals surface area contributed by atoms with E-state index in [0.29, 0.717) is 24.3 Å². The Morgan fingerprint density at radius 2 is 1.62 bits per heavy atom. The molecular weight excluding hydrogens is 350 g/mol. The molecule has 2 aromatic rings. The molecule has 0 heterocycles. The Morgan fingerprint density at radius 3 is 2.15 bits per heavy atom. The van der Waals surface area contributed by atoms with Gasteiger partial charge in [-0.1, -0.05) is 18.2 Å². The molecule has 0 atom stereocenters. The number of amides is 1. The number of carbonyl (C=O) groups is 1. The van der Waals surface area contributed by atoms with E-state index >= 15 is 0 Å². The van der Waals surface area contributed by atoms with Crippen LogP contribution in [0.25, 0.3) is 0 Å². The zero-order valence-corrected chi connectivity index (χ0v) is 16.2. The van der Waals surface area contributed by atoms with Gasteiger partial charge in [0.25, 0.3) is 15.9 Å². The van der Waals surface area contributed by atoms with Crippen LogP contribution in [0.2, 0.25) is 0 Å². The molecule has 0 aliphatic carbocycles. The van der Waals surface area contributed by atoms with Crippen molar-refractivity contribution < 1.29 is 13.2 Å². The number of nitrogens with zero attached hydrogens (tertiary/aromatic N) is 2. The summed E-state index contributed by atoms with van der Waals surface area (Å²) in [6.45, 7) is 3.38. The molecule has 1 N–H and O–H groups in total. The summed E-state index contributed by atoms with van der Waals surface area (Å²) in [5.74, 6) is -0.216. The molecule has 0 radical (unpaired) electrons. The predicted molar refractivity (Wildman–Crippen MR) is 104 cm³/mol. The maximum Gasteiger partial charge on any atom is 0.264 e. The summed E-state index contributed by atoms with van der Waals surface area (Å²) >= 11 is 0. The van der Waals surface area contributed by atoms with Crippen LogP contribution in [0.4, 0.5) is 5.69 Å². The van der Waals surface area contributed by atoms with Crippen LogP contribution in [-0.4, -0.2) is 53.0 Å². The van der Waals surface area contributed by atoms with Crippen molar-refractivity contribution in [1.82, 2.24) is 10.2 Å². The fraction of sp³-hybridized carbons (Fsp3) is 0.316. The summed E-state index contributed by atoms with van der Waals surface area (Å²) in [4.78, 5) is 14.2. The Labute approximate surface area is 155 Å². The van der Waals surface area contributed by atoms with E-state index < -0.39 is 10.0 Å². The summed E-state index contributed by atoms with van der Waals surface area (Å²) in [5, 5.41) is 2.81. The van der Waals surface area contributed by atoms with Crippen LogP contribution >= 0.6 is 0 Å². The summed E-state index contributed by atoms with van der Waals surface area (Å²) in [7, 11) is 0.177. The van der Waals surface area contributed by atoms with Gasteiger partial charge >= 0.3 is 0 Å². The van der Waals surface area contributed by atoms with Gasteiger partial charge in [0.2, 0.25) is 0 Å². The van der Waals surface area contributed by atoms with Gasteiger partial charge in [0.05, 0.1) is 10.6 Å². The van der Waals surface area contributed by atoms with Crippen molar-refractivity contribution in [3.63, 3.8) is 0 Å². The number of para-hydroxylation sites is 1. The molecule has 0 saturated carbocycles. The van der Waals surface area contributed by atoms with E-state index in [2.05, 4.69) is 5.32 Å². The highest BCUT2D eigenvalue weighted by Gasteiger charge is 2.23. The van der Waals surface area contributed by atoms with Crippen molar-refractivity contribution in [3.05, 3.63) is 60.2 Å². The lowest BCUT2D eigenvalue weighted by Crippen LogP contribution is -2.32. The second-order valence-electron chi connectivity index (χ2n) is 6.09. The minimum Gasteiger partial charge on any atom is -0.351 e. The van der Waals surface area contributed by atoms with Gasteiger partial charge in [-0.3, -0.25) is 9.10 Å². The average Bonchev–Trinajstić information content (AvgIpc) is 2.62. The molecule has 0 spiro atoms. The summed E-state index contributed by atoms with van der Waals surface area (Å²) < 4.78 is 27.2. The highest BCUT2D eigenvalue weighted by atomic mass is 32.2. The monoisotopic (exact) mass is 375 g/mol. The Hall–Kier alpha value is -2.38. The van der Waals surface area contributed by atoms with Gasteiger partial charge in [-0.15, -0.1) is 0 Å². The van der Waals surface area contributed by atoms with Gasteiger partial charge in [0, 0.05) is 25.2 Å². The van der Waals surface area contributed by atoms with Gasteiger partial charge in [-0.25, -0.2) is 8.42 Å². The number of hydrogen-bond donors (Lipinski definition) is 1. The number of rotatable bonds is 8. The van der Waals surface area contributed by atoms with Gasteiger partial charge in [-0.05, 0) is 57.4 Å². The fourth-order valence-electron chi connectivity index (χ4n) is 2.49. The number of sulfonamides is 1. The highest BCUT2D eigenvalue weighted by Crippen LogP contribution is 2.23. The van der Waals surface area contributed by atoms with Crippen LogP contribution in [-0.2, 0) is 10.0 Å². The van der Waals surface area contributed by atoms with Crippen molar-refractivity contribution in [3.8, 4) is 0 Å². The largest absolute Gasteiger partial charge is 0.351 e. The standard InChI is InChI=1S/C19H25N3O3S/c1-4-22(17-8-6-5-7-9-17)26(24,25)18-12-10-16(11-13-18)19(23)20-14-15-21(2)3/h5-13H,4,14-15H2,1-3H3,(H,20,23). The lowest BCUT2D eigenvalue weighted by molar-refractivity contribution is 0.0951.